The number of nitrogens with one attached hydrogen (secondary N) is 1. The van der Waals surface area contributed by atoms with Crippen LogP contribution in [0.5, 0.6) is 0 Å². The molecule has 14 heavy (non-hydrogen) atoms. The molecular weight excluding hydrogens is 174 g/mol. The third-order valence-electron chi connectivity index (χ3n) is 2.19. The smallest absolute Gasteiger partial charge is 0.128 e. The molecule has 1 rings (SSSR count). The van der Waals surface area contributed by atoms with Crippen LogP contribution in [0.3, 0.4) is 0 Å². The third kappa shape index (κ3) is 3.34. The van der Waals surface area contributed by atoms with Crippen LogP contribution in [-0.4, -0.2) is 32.2 Å². The Morgan fingerprint density at radius 2 is 2.21 bits per heavy atom. The number of aryl methyl sites for hydroxylation is 1. The van der Waals surface area contributed by atoms with Crippen LogP contribution in [0.15, 0.2) is 18.2 Å². The molecule has 0 aliphatic rings. The summed E-state index contributed by atoms with van der Waals surface area (Å²) in [7, 11) is 4.06. The second-order valence-electron chi connectivity index (χ2n) is 3.52. The average Bonchev–Trinajstić information content (AvgIpc) is 2.18. The maximum absolute atomic E-state index is 4.46. The molecule has 0 aromatic carbocycles. The highest BCUT2D eigenvalue weighted by Crippen LogP contribution is 2.08. The molecule has 0 aliphatic heterocycles. The number of anilines is 1. The molecule has 1 heterocycles. The fourth-order valence-electron chi connectivity index (χ4n) is 1.35. The number of aromatic nitrogens is 1. The van der Waals surface area contributed by atoms with Crippen LogP contribution in [0.2, 0.25) is 0 Å². The van der Waals surface area contributed by atoms with E-state index < -0.39 is 0 Å². The minimum atomic E-state index is 1.04. The molecule has 0 unspecified atom stereocenters. The van der Waals surface area contributed by atoms with Gasteiger partial charge in [0.1, 0.15) is 5.82 Å². The molecule has 1 N–H and O–H groups in total. The summed E-state index contributed by atoms with van der Waals surface area (Å²) in [6, 6.07) is 6.11. The zero-order valence-corrected chi connectivity index (χ0v) is 9.25. The Morgan fingerprint density at radius 3 is 2.86 bits per heavy atom. The highest BCUT2D eigenvalue weighted by molar-refractivity contribution is 5.37. The van der Waals surface area contributed by atoms with E-state index in [1.807, 2.05) is 32.2 Å². The molecule has 1 aromatic heterocycles. The van der Waals surface area contributed by atoms with Gasteiger partial charge in [-0.1, -0.05) is 6.07 Å². The SMILES string of the molecule is CNCCCN(C)c1cccc(C)n1. The summed E-state index contributed by atoms with van der Waals surface area (Å²) in [5, 5.41) is 3.14. The molecule has 0 bridgehead atoms. The van der Waals surface area contributed by atoms with Gasteiger partial charge in [-0.3, -0.25) is 0 Å². The first-order valence-corrected chi connectivity index (χ1v) is 5.03. The first kappa shape index (κ1) is 11.0. The Kier molecular flexibility index (Phi) is 4.40. The van der Waals surface area contributed by atoms with Crippen molar-refractivity contribution in [2.75, 3.05) is 32.1 Å². The number of rotatable bonds is 5. The Balaban J connectivity index is 2.47. The van der Waals surface area contributed by atoms with Crippen LogP contribution < -0.4 is 10.2 Å². The van der Waals surface area contributed by atoms with Crippen LogP contribution in [0.4, 0.5) is 5.82 Å². The molecule has 0 atom stereocenters. The second kappa shape index (κ2) is 5.60. The average molecular weight is 193 g/mol. The molecule has 1 aromatic rings. The van der Waals surface area contributed by atoms with Crippen molar-refractivity contribution >= 4 is 5.82 Å². The van der Waals surface area contributed by atoms with Crippen molar-refractivity contribution in [2.45, 2.75) is 13.3 Å². The minimum Gasteiger partial charge on any atom is -0.360 e. The summed E-state index contributed by atoms with van der Waals surface area (Å²) < 4.78 is 0. The summed E-state index contributed by atoms with van der Waals surface area (Å²) in [5.74, 6) is 1.06. The Hall–Kier alpha value is -1.09. The summed E-state index contributed by atoms with van der Waals surface area (Å²) in [5.41, 5.74) is 1.07. The Bertz CT molecular complexity index is 273. The number of pyridine rings is 1. The first-order chi connectivity index (χ1) is 6.74. The van der Waals surface area contributed by atoms with Gasteiger partial charge in [0, 0.05) is 19.3 Å². The fraction of sp³-hybridized carbons (Fsp3) is 0.545. The maximum atomic E-state index is 4.46. The lowest BCUT2D eigenvalue weighted by atomic mass is 10.3. The molecule has 0 aliphatic carbocycles. The van der Waals surface area contributed by atoms with Crippen LogP contribution in [0, 0.1) is 6.92 Å². The number of hydrogen-bond acceptors (Lipinski definition) is 3. The highest BCUT2D eigenvalue weighted by atomic mass is 15.2. The van der Waals surface area contributed by atoms with Crippen molar-refractivity contribution in [2.24, 2.45) is 0 Å². The Morgan fingerprint density at radius 1 is 1.43 bits per heavy atom. The van der Waals surface area contributed by atoms with Crippen LogP contribution >= 0.6 is 0 Å². The highest BCUT2D eigenvalue weighted by Gasteiger charge is 2.00. The molecule has 0 radical (unpaired) electrons. The molecule has 0 saturated heterocycles. The van der Waals surface area contributed by atoms with E-state index in [0.717, 1.165) is 31.0 Å². The largest absolute Gasteiger partial charge is 0.360 e. The molecule has 0 saturated carbocycles. The van der Waals surface area contributed by atoms with Crippen LogP contribution in [0.25, 0.3) is 0 Å². The summed E-state index contributed by atoms with van der Waals surface area (Å²) in [6.45, 7) is 4.11. The maximum Gasteiger partial charge on any atom is 0.128 e. The molecule has 0 amide bonds. The molecule has 0 spiro atoms. The van der Waals surface area contributed by atoms with Crippen LogP contribution in [-0.2, 0) is 0 Å². The van der Waals surface area contributed by atoms with E-state index in [2.05, 4.69) is 22.2 Å². The molecule has 78 valence electrons. The van der Waals surface area contributed by atoms with Gasteiger partial charge < -0.3 is 10.2 Å². The normalized spacial score (nSPS) is 10.2. The molecular formula is C11H19N3. The zero-order valence-electron chi connectivity index (χ0n) is 9.25. The van der Waals surface area contributed by atoms with Gasteiger partial charge in [-0.2, -0.15) is 0 Å². The van der Waals surface area contributed by atoms with Gasteiger partial charge in [-0.25, -0.2) is 4.98 Å². The van der Waals surface area contributed by atoms with E-state index in [0.29, 0.717) is 0 Å². The van der Waals surface area contributed by atoms with Crippen LogP contribution in [0.1, 0.15) is 12.1 Å². The first-order valence-electron chi connectivity index (χ1n) is 5.03. The lowest BCUT2D eigenvalue weighted by Gasteiger charge is -2.18. The molecule has 0 fully saturated rings. The van der Waals surface area contributed by atoms with Crippen molar-refractivity contribution in [3.05, 3.63) is 23.9 Å². The van der Waals surface area contributed by atoms with Gasteiger partial charge in [0.25, 0.3) is 0 Å². The van der Waals surface area contributed by atoms with Crippen molar-refractivity contribution in [1.82, 2.24) is 10.3 Å². The zero-order chi connectivity index (χ0) is 10.4. The summed E-state index contributed by atoms with van der Waals surface area (Å²) >= 11 is 0. The topological polar surface area (TPSA) is 28.2 Å². The number of nitrogens with zero attached hydrogens (tertiary/aromatic N) is 2. The lowest BCUT2D eigenvalue weighted by molar-refractivity contribution is 0.709. The monoisotopic (exact) mass is 193 g/mol. The molecule has 3 nitrogen and oxygen atoms in total. The van der Waals surface area contributed by atoms with Gasteiger partial charge in [0.15, 0.2) is 0 Å². The van der Waals surface area contributed by atoms with E-state index in [1.54, 1.807) is 0 Å². The lowest BCUT2D eigenvalue weighted by Crippen LogP contribution is -2.23. The summed E-state index contributed by atoms with van der Waals surface area (Å²) in [4.78, 5) is 6.64. The standard InChI is InChI=1S/C11H19N3/c1-10-6-4-7-11(13-10)14(3)9-5-8-12-2/h4,6-7,12H,5,8-9H2,1-3H3. The van der Waals surface area contributed by atoms with E-state index >= 15 is 0 Å². The minimum absolute atomic E-state index is 1.04. The quantitative estimate of drug-likeness (QED) is 0.717. The van der Waals surface area contributed by atoms with Crippen molar-refractivity contribution in [3.8, 4) is 0 Å². The van der Waals surface area contributed by atoms with E-state index in [1.165, 1.54) is 0 Å². The second-order valence-corrected chi connectivity index (χ2v) is 3.52. The Labute approximate surface area is 86.2 Å². The van der Waals surface area contributed by atoms with Gasteiger partial charge in [-0.05, 0) is 39.1 Å². The summed E-state index contributed by atoms with van der Waals surface area (Å²) in [6.07, 6.45) is 1.14. The predicted molar refractivity (Wildman–Crippen MR) is 60.8 cm³/mol. The van der Waals surface area contributed by atoms with E-state index in [9.17, 15) is 0 Å². The van der Waals surface area contributed by atoms with E-state index in [4.69, 9.17) is 0 Å². The van der Waals surface area contributed by atoms with Gasteiger partial charge in [0.2, 0.25) is 0 Å². The van der Waals surface area contributed by atoms with Crippen molar-refractivity contribution < 1.29 is 0 Å². The molecule has 3 heteroatoms. The third-order valence-corrected chi connectivity index (χ3v) is 2.19. The van der Waals surface area contributed by atoms with Gasteiger partial charge in [-0.15, -0.1) is 0 Å². The number of hydrogen-bond donors (Lipinski definition) is 1. The van der Waals surface area contributed by atoms with Crippen molar-refractivity contribution in [1.29, 1.82) is 0 Å². The van der Waals surface area contributed by atoms with Gasteiger partial charge in [0.05, 0.1) is 0 Å². The van der Waals surface area contributed by atoms with Gasteiger partial charge >= 0.3 is 0 Å². The van der Waals surface area contributed by atoms with E-state index in [-0.39, 0.29) is 0 Å². The fourth-order valence-corrected chi connectivity index (χ4v) is 1.35. The predicted octanol–water partition coefficient (Wildman–Crippen LogP) is 1.44. The van der Waals surface area contributed by atoms with Crippen molar-refractivity contribution in [3.63, 3.8) is 0 Å².